The van der Waals surface area contributed by atoms with Gasteiger partial charge in [0.15, 0.2) is 0 Å². The van der Waals surface area contributed by atoms with Gasteiger partial charge >= 0.3 is 11.7 Å². The molecule has 3 rings (SSSR count). The van der Waals surface area contributed by atoms with E-state index in [-0.39, 0.29) is 0 Å². The summed E-state index contributed by atoms with van der Waals surface area (Å²) in [6, 6.07) is 9.09. The lowest BCUT2D eigenvalue weighted by molar-refractivity contribution is -0.156. The van der Waals surface area contributed by atoms with Crippen LogP contribution in [0, 0.1) is 0 Å². The number of carbonyl (C=O) groups excluding carboxylic acids is 2. The van der Waals surface area contributed by atoms with Crippen LogP contribution in [0.25, 0.3) is 11.3 Å². The summed E-state index contributed by atoms with van der Waals surface area (Å²) in [5.74, 6) is -1.44. The zero-order chi connectivity index (χ0) is 24.3. The smallest absolute Gasteiger partial charge is 0.358 e. The maximum atomic E-state index is 12.5. The Balaban J connectivity index is 1.73. The van der Waals surface area contributed by atoms with Crippen molar-refractivity contribution in [2.24, 2.45) is 10.8 Å². The molecule has 0 bridgehead atoms. The normalized spacial score (nSPS) is 12.8. The molecule has 1 aromatic carbocycles. The fourth-order valence-corrected chi connectivity index (χ4v) is 2.92. The highest BCUT2D eigenvalue weighted by atomic mass is 35.5. The minimum atomic E-state index is -1.30. The predicted molar refractivity (Wildman–Crippen MR) is 122 cm³/mol. The molecule has 0 amide bonds. The molecule has 11 heteroatoms. The second kappa shape index (κ2) is 9.47. The van der Waals surface area contributed by atoms with E-state index in [2.05, 4.69) is 5.10 Å². The topological polar surface area (TPSA) is 142 Å². The van der Waals surface area contributed by atoms with Crippen molar-refractivity contribution < 1.29 is 23.8 Å². The molecule has 0 fully saturated rings. The Morgan fingerprint density at radius 1 is 1.24 bits per heavy atom. The highest BCUT2D eigenvalue weighted by Crippen LogP contribution is 2.23. The van der Waals surface area contributed by atoms with Crippen LogP contribution >= 0.6 is 11.6 Å². The molecule has 0 radical (unpaired) electrons. The fourth-order valence-electron chi connectivity index (χ4n) is 2.79. The number of hydrogen-bond acceptors (Lipinski definition) is 8. The number of nitrogens with zero attached hydrogens (tertiary/aromatic N) is 3. The number of carbonyl (C=O) groups is 2. The van der Waals surface area contributed by atoms with Crippen molar-refractivity contribution in [3.63, 3.8) is 0 Å². The molecule has 0 aliphatic rings. The molecule has 10 nitrogen and oxygen atoms in total. The van der Waals surface area contributed by atoms with Crippen LogP contribution in [-0.2, 0) is 9.53 Å². The Morgan fingerprint density at radius 2 is 1.91 bits per heavy atom. The first-order valence-electron chi connectivity index (χ1n) is 9.90. The van der Waals surface area contributed by atoms with Gasteiger partial charge in [-0.2, -0.15) is 14.3 Å². The van der Waals surface area contributed by atoms with E-state index >= 15 is 0 Å². The Labute approximate surface area is 193 Å². The lowest BCUT2D eigenvalue weighted by Crippen LogP contribution is -2.40. The summed E-state index contributed by atoms with van der Waals surface area (Å²) in [6.07, 6.45) is 1.67. The molecule has 2 aromatic heterocycles. The van der Waals surface area contributed by atoms with E-state index in [0.717, 1.165) is 16.4 Å². The van der Waals surface area contributed by atoms with Crippen molar-refractivity contribution in [2.45, 2.75) is 38.8 Å². The van der Waals surface area contributed by atoms with E-state index in [4.69, 9.17) is 26.5 Å². The summed E-state index contributed by atoms with van der Waals surface area (Å²) >= 11 is 5.88. The Bertz CT molecular complexity index is 1250. The maximum absolute atomic E-state index is 12.5. The zero-order valence-corrected chi connectivity index (χ0v) is 18.9. The number of nitrogens with two attached hydrogens (primary N) is 1. The van der Waals surface area contributed by atoms with Gasteiger partial charge in [0.1, 0.15) is 23.2 Å². The highest BCUT2D eigenvalue weighted by Gasteiger charge is 2.27. The third-order valence-electron chi connectivity index (χ3n) is 4.27. The van der Waals surface area contributed by atoms with E-state index < -0.39 is 41.5 Å². The molecule has 0 aliphatic heterocycles. The van der Waals surface area contributed by atoms with Gasteiger partial charge in [0, 0.05) is 10.6 Å². The van der Waals surface area contributed by atoms with Gasteiger partial charge in [0.25, 0.3) is 0 Å². The van der Waals surface area contributed by atoms with Crippen LogP contribution in [0.3, 0.4) is 0 Å². The number of hydrogen-bond donors (Lipinski definition) is 2. The number of imidazole rings is 1. The predicted octanol–water partition coefficient (Wildman–Crippen LogP) is 2.85. The molecule has 3 N–H and O–H groups in total. The molecule has 174 valence electrons. The lowest BCUT2D eigenvalue weighted by Gasteiger charge is -2.21. The van der Waals surface area contributed by atoms with E-state index in [1.165, 1.54) is 6.21 Å². The number of ether oxygens (including phenoxy) is 1. The van der Waals surface area contributed by atoms with Crippen LogP contribution in [0.4, 0.5) is 0 Å². The van der Waals surface area contributed by atoms with Crippen molar-refractivity contribution >= 4 is 29.7 Å². The van der Waals surface area contributed by atoms with Crippen molar-refractivity contribution in [1.82, 2.24) is 9.24 Å². The lowest BCUT2D eigenvalue weighted by atomic mass is 10.1. The first-order chi connectivity index (χ1) is 15.4. The monoisotopic (exact) mass is 474 g/mol. The molecule has 1 unspecified atom stereocenters. The summed E-state index contributed by atoms with van der Waals surface area (Å²) in [7, 11) is 0. The average molecular weight is 475 g/mol. The number of esters is 1. The summed E-state index contributed by atoms with van der Waals surface area (Å²) in [5.41, 5.74) is 4.79. The van der Waals surface area contributed by atoms with Crippen molar-refractivity contribution in [2.75, 3.05) is 0 Å². The maximum Gasteiger partial charge on any atom is 0.358 e. The van der Waals surface area contributed by atoms with Crippen LogP contribution in [0.5, 0.6) is 5.88 Å². The minimum Gasteiger partial charge on any atom is -0.493 e. The number of rotatable bonds is 6. The van der Waals surface area contributed by atoms with Gasteiger partial charge in [-0.05, 0) is 57.2 Å². The third-order valence-corrected chi connectivity index (χ3v) is 4.52. The summed E-state index contributed by atoms with van der Waals surface area (Å²) in [5, 5.41) is 14.6. The van der Waals surface area contributed by atoms with Gasteiger partial charge in [0.05, 0.1) is 18.8 Å². The van der Waals surface area contributed by atoms with Gasteiger partial charge in [-0.15, -0.1) is 0 Å². The van der Waals surface area contributed by atoms with Crippen LogP contribution in [0.2, 0.25) is 5.02 Å². The van der Waals surface area contributed by atoms with Gasteiger partial charge in [-0.25, -0.2) is 4.79 Å². The first-order valence-corrected chi connectivity index (χ1v) is 10.3. The second-order valence-corrected chi connectivity index (χ2v) is 8.58. The number of aromatic nitrogens is 2. The van der Waals surface area contributed by atoms with Crippen LogP contribution in [0.1, 0.15) is 37.7 Å². The van der Waals surface area contributed by atoms with Crippen LogP contribution in [0.15, 0.2) is 56.9 Å². The van der Waals surface area contributed by atoms with E-state index in [0.29, 0.717) is 21.1 Å². The first kappa shape index (κ1) is 24.0. The van der Waals surface area contributed by atoms with Crippen molar-refractivity contribution in [3.8, 4) is 17.2 Å². The van der Waals surface area contributed by atoms with Crippen LogP contribution < -0.4 is 11.4 Å². The Morgan fingerprint density at radius 3 is 2.55 bits per heavy atom. The van der Waals surface area contributed by atoms with Gasteiger partial charge in [-0.1, -0.05) is 11.6 Å². The molecule has 0 saturated carbocycles. The molecule has 0 aliphatic carbocycles. The quantitative estimate of drug-likeness (QED) is 0.413. The van der Waals surface area contributed by atoms with E-state index in [1.54, 1.807) is 57.2 Å². The van der Waals surface area contributed by atoms with Crippen molar-refractivity contribution in [3.05, 3.63) is 63.9 Å². The molecule has 0 saturated heterocycles. The molecule has 1 atom stereocenters. The van der Waals surface area contributed by atoms with Crippen molar-refractivity contribution in [1.29, 1.82) is 0 Å². The molecule has 3 aromatic rings. The molecule has 0 spiro atoms. The standard InChI is InChI=1S/C22H23ClN4O6/c1-22(2,3)33-20(30)16(24)10-18(28)27-19(29)12-26(21(27)31)25-11-15-8-9-17(32-15)13-4-6-14(23)7-5-13/h4-9,11-12,16,29H,10,24H2,1-3H3. The van der Waals surface area contributed by atoms with E-state index in [9.17, 15) is 19.5 Å². The SMILES string of the molecule is CC(C)(C)OC(=O)C(N)CC(=O)n1c(O)cn(N=Cc2ccc(-c3ccc(Cl)cc3)o2)c1=O. The Kier molecular flexibility index (Phi) is 6.89. The van der Waals surface area contributed by atoms with E-state index in [1.807, 2.05) is 0 Å². The number of furan rings is 1. The largest absolute Gasteiger partial charge is 0.493 e. The zero-order valence-electron chi connectivity index (χ0n) is 18.2. The van der Waals surface area contributed by atoms with Crippen LogP contribution in [-0.4, -0.2) is 44.1 Å². The molecular weight excluding hydrogens is 452 g/mol. The summed E-state index contributed by atoms with van der Waals surface area (Å²) in [6.45, 7) is 4.97. The highest BCUT2D eigenvalue weighted by molar-refractivity contribution is 6.30. The number of benzene rings is 1. The fraction of sp³-hybridized carbons (Fsp3) is 0.273. The van der Waals surface area contributed by atoms with Gasteiger partial charge in [-0.3, -0.25) is 9.59 Å². The minimum absolute atomic E-state index is 0.331. The molecule has 33 heavy (non-hydrogen) atoms. The summed E-state index contributed by atoms with van der Waals surface area (Å²) in [4.78, 5) is 37.0. The molecular formula is C22H23ClN4O6. The summed E-state index contributed by atoms with van der Waals surface area (Å²) < 4.78 is 12.0. The average Bonchev–Trinajstić information content (AvgIpc) is 3.29. The second-order valence-electron chi connectivity index (χ2n) is 8.14. The number of aromatic hydroxyl groups is 1. The Hall–Kier alpha value is -3.63. The van der Waals surface area contributed by atoms with Gasteiger partial charge in [0.2, 0.25) is 11.8 Å². The third kappa shape index (κ3) is 5.99. The molecule has 2 heterocycles. The van der Waals surface area contributed by atoms with Gasteiger partial charge < -0.3 is 20.0 Å². The number of halogens is 1.